The molecule has 1 atom stereocenters. The highest BCUT2D eigenvalue weighted by Gasteiger charge is 2.33. The third-order valence-electron chi connectivity index (χ3n) is 2.25. The van der Waals surface area contributed by atoms with Crippen molar-refractivity contribution in [2.24, 2.45) is 0 Å². The molecule has 5 nitrogen and oxygen atoms in total. The van der Waals surface area contributed by atoms with Crippen molar-refractivity contribution in [2.45, 2.75) is 26.4 Å². The molecule has 0 radical (unpaired) electrons. The molecule has 1 N–H and O–H groups in total. The van der Waals surface area contributed by atoms with E-state index in [1.807, 2.05) is 19.9 Å². The average Bonchev–Trinajstić information content (AvgIpc) is 2.36. The number of methoxy groups -OCH3 is 1. The molecule has 98 valence electrons. The molecule has 0 bridgehead atoms. The molecule has 0 saturated carbocycles. The van der Waals surface area contributed by atoms with E-state index in [0.717, 1.165) is 5.57 Å². The van der Waals surface area contributed by atoms with E-state index in [9.17, 15) is 4.79 Å². The standard InChI is InChI=1S/C12H20O5/c1-5-10(2)9-16-8-6-7-12(3,17-14)11(13)15-4/h5-7,14H,8-9H2,1-4H3/b7-6+,10-5-. The van der Waals surface area contributed by atoms with Crippen molar-refractivity contribution in [3.05, 3.63) is 23.8 Å². The molecule has 0 fully saturated rings. The van der Waals surface area contributed by atoms with Crippen molar-refractivity contribution in [3.63, 3.8) is 0 Å². The zero-order valence-corrected chi connectivity index (χ0v) is 10.7. The Morgan fingerprint density at radius 1 is 1.47 bits per heavy atom. The molecule has 17 heavy (non-hydrogen) atoms. The van der Waals surface area contributed by atoms with Gasteiger partial charge in [0.2, 0.25) is 5.60 Å². The highest BCUT2D eigenvalue weighted by Crippen LogP contribution is 2.12. The Labute approximate surface area is 102 Å². The van der Waals surface area contributed by atoms with Gasteiger partial charge >= 0.3 is 5.97 Å². The minimum atomic E-state index is -1.49. The van der Waals surface area contributed by atoms with Gasteiger partial charge in [0.25, 0.3) is 0 Å². The maximum Gasteiger partial charge on any atom is 0.345 e. The highest BCUT2D eigenvalue weighted by molar-refractivity contribution is 5.81. The third-order valence-corrected chi connectivity index (χ3v) is 2.25. The number of esters is 1. The van der Waals surface area contributed by atoms with Crippen LogP contribution in [0.2, 0.25) is 0 Å². The van der Waals surface area contributed by atoms with Gasteiger partial charge in [-0.1, -0.05) is 17.7 Å². The summed E-state index contributed by atoms with van der Waals surface area (Å²) in [5.74, 6) is -0.680. The predicted molar refractivity (Wildman–Crippen MR) is 63.5 cm³/mol. The second kappa shape index (κ2) is 8.00. The summed E-state index contributed by atoms with van der Waals surface area (Å²) >= 11 is 0. The maximum atomic E-state index is 11.3. The molecular weight excluding hydrogens is 224 g/mol. The van der Waals surface area contributed by atoms with E-state index < -0.39 is 11.6 Å². The van der Waals surface area contributed by atoms with Gasteiger partial charge in [-0.2, -0.15) is 0 Å². The quantitative estimate of drug-likeness (QED) is 0.244. The molecule has 0 aliphatic carbocycles. The van der Waals surface area contributed by atoms with Crippen LogP contribution in [0.15, 0.2) is 23.8 Å². The molecular formula is C12H20O5. The van der Waals surface area contributed by atoms with Crippen LogP contribution in [0, 0.1) is 0 Å². The van der Waals surface area contributed by atoms with Crippen LogP contribution >= 0.6 is 0 Å². The van der Waals surface area contributed by atoms with Gasteiger partial charge in [0.1, 0.15) is 0 Å². The summed E-state index contributed by atoms with van der Waals surface area (Å²) in [6.07, 6.45) is 4.94. The van der Waals surface area contributed by atoms with Gasteiger partial charge in [-0.25, -0.2) is 9.68 Å². The van der Waals surface area contributed by atoms with Crippen LogP contribution in [-0.4, -0.2) is 37.2 Å². The Morgan fingerprint density at radius 2 is 2.12 bits per heavy atom. The molecule has 0 aromatic rings. The van der Waals surface area contributed by atoms with E-state index in [0.29, 0.717) is 13.2 Å². The lowest BCUT2D eigenvalue weighted by molar-refractivity contribution is -0.298. The van der Waals surface area contributed by atoms with Gasteiger partial charge in [0.05, 0.1) is 20.3 Å². The molecule has 0 amide bonds. The van der Waals surface area contributed by atoms with Crippen LogP contribution in [0.25, 0.3) is 0 Å². The number of hydrogen-bond donors (Lipinski definition) is 1. The topological polar surface area (TPSA) is 65.0 Å². The first-order valence-electron chi connectivity index (χ1n) is 5.28. The number of carbonyl (C=O) groups excluding carboxylic acids is 1. The summed E-state index contributed by atoms with van der Waals surface area (Å²) in [7, 11) is 1.22. The molecule has 0 heterocycles. The van der Waals surface area contributed by atoms with Crippen molar-refractivity contribution in [1.82, 2.24) is 0 Å². The Morgan fingerprint density at radius 3 is 2.59 bits per heavy atom. The van der Waals surface area contributed by atoms with Crippen molar-refractivity contribution in [2.75, 3.05) is 20.3 Å². The number of allylic oxidation sites excluding steroid dienone is 1. The molecule has 0 saturated heterocycles. The zero-order chi connectivity index (χ0) is 13.3. The number of carbonyl (C=O) groups is 1. The molecule has 5 heteroatoms. The van der Waals surface area contributed by atoms with Gasteiger partial charge < -0.3 is 9.47 Å². The van der Waals surface area contributed by atoms with Gasteiger partial charge in [0.15, 0.2) is 0 Å². The fraction of sp³-hybridized carbons (Fsp3) is 0.583. The second-order valence-electron chi connectivity index (χ2n) is 3.74. The molecule has 0 aromatic carbocycles. The molecule has 0 aliphatic rings. The summed E-state index contributed by atoms with van der Waals surface area (Å²) in [6.45, 7) is 6.13. The molecule has 0 aliphatic heterocycles. The lowest BCUT2D eigenvalue weighted by Crippen LogP contribution is -2.36. The van der Waals surface area contributed by atoms with Crippen LogP contribution in [-0.2, 0) is 19.2 Å². The van der Waals surface area contributed by atoms with Gasteiger partial charge in [0, 0.05) is 0 Å². The second-order valence-corrected chi connectivity index (χ2v) is 3.74. The van der Waals surface area contributed by atoms with Crippen LogP contribution in [0.5, 0.6) is 0 Å². The Bertz CT molecular complexity index is 295. The minimum Gasteiger partial charge on any atom is -0.467 e. The van der Waals surface area contributed by atoms with Gasteiger partial charge in [-0.15, -0.1) is 0 Å². The maximum absolute atomic E-state index is 11.3. The summed E-state index contributed by atoms with van der Waals surface area (Å²) in [5, 5.41) is 8.67. The number of ether oxygens (including phenoxy) is 2. The monoisotopic (exact) mass is 244 g/mol. The fourth-order valence-electron chi connectivity index (χ4n) is 0.983. The molecule has 0 rings (SSSR count). The van der Waals surface area contributed by atoms with Crippen LogP contribution in [0.1, 0.15) is 20.8 Å². The number of hydrogen-bond acceptors (Lipinski definition) is 5. The summed E-state index contributed by atoms with van der Waals surface area (Å²) in [6, 6.07) is 0. The zero-order valence-electron chi connectivity index (χ0n) is 10.7. The van der Waals surface area contributed by atoms with E-state index in [1.54, 1.807) is 6.08 Å². The van der Waals surface area contributed by atoms with E-state index >= 15 is 0 Å². The van der Waals surface area contributed by atoms with E-state index in [-0.39, 0.29) is 0 Å². The lowest BCUT2D eigenvalue weighted by atomic mass is 10.1. The normalized spacial score (nSPS) is 15.9. The first kappa shape index (κ1) is 15.8. The predicted octanol–water partition coefficient (Wildman–Crippen LogP) is 1.95. The minimum absolute atomic E-state index is 0.321. The van der Waals surface area contributed by atoms with Crippen molar-refractivity contribution in [3.8, 4) is 0 Å². The lowest BCUT2D eigenvalue weighted by Gasteiger charge is -2.18. The van der Waals surface area contributed by atoms with Gasteiger partial charge in [-0.3, -0.25) is 5.26 Å². The van der Waals surface area contributed by atoms with Crippen molar-refractivity contribution >= 4 is 5.97 Å². The SMILES string of the molecule is C/C=C(/C)COC/C=C/C(C)(OO)C(=O)OC. The van der Waals surface area contributed by atoms with E-state index in [4.69, 9.17) is 9.99 Å². The van der Waals surface area contributed by atoms with Crippen LogP contribution in [0.4, 0.5) is 0 Å². The van der Waals surface area contributed by atoms with E-state index in [2.05, 4.69) is 9.62 Å². The Hall–Kier alpha value is -1.17. The summed E-state index contributed by atoms with van der Waals surface area (Å²) in [5.41, 5.74) is -0.374. The summed E-state index contributed by atoms with van der Waals surface area (Å²) < 4.78 is 9.79. The van der Waals surface area contributed by atoms with Gasteiger partial charge in [-0.05, 0) is 26.8 Å². The Balaban J connectivity index is 4.17. The average molecular weight is 244 g/mol. The Kier molecular flexibility index (Phi) is 7.45. The third kappa shape index (κ3) is 5.63. The van der Waals surface area contributed by atoms with E-state index in [1.165, 1.54) is 20.1 Å². The first-order valence-corrected chi connectivity index (χ1v) is 5.28. The van der Waals surface area contributed by atoms with Crippen LogP contribution < -0.4 is 0 Å². The fourth-order valence-corrected chi connectivity index (χ4v) is 0.983. The summed E-state index contributed by atoms with van der Waals surface area (Å²) in [4.78, 5) is 15.4. The largest absolute Gasteiger partial charge is 0.467 e. The molecule has 1 unspecified atom stereocenters. The first-order chi connectivity index (χ1) is 8.00. The van der Waals surface area contributed by atoms with Crippen LogP contribution in [0.3, 0.4) is 0 Å². The molecule has 0 spiro atoms. The highest BCUT2D eigenvalue weighted by atomic mass is 17.1. The number of rotatable bonds is 7. The van der Waals surface area contributed by atoms with Crippen molar-refractivity contribution < 1.29 is 24.4 Å². The smallest absolute Gasteiger partial charge is 0.345 e. The molecule has 0 aromatic heterocycles. The van der Waals surface area contributed by atoms with Crippen molar-refractivity contribution in [1.29, 1.82) is 0 Å².